The van der Waals surface area contributed by atoms with Crippen LogP contribution in [0.5, 0.6) is 0 Å². The van der Waals surface area contributed by atoms with Crippen LogP contribution in [0.1, 0.15) is 26.7 Å². The summed E-state index contributed by atoms with van der Waals surface area (Å²) < 4.78 is 5.49. The van der Waals surface area contributed by atoms with Gasteiger partial charge in [0.1, 0.15) is 0 Å². The molecule has 2 heteroatoms. The summed E-state index contributed by atoms with van der Waals surface area (Å²) in [5, 5.41) is 0. The monoisotopic (exact) mass is 174 g/mol. The van der Waals surface area contributed by atoms with E-state index in [2.05, 4.69) is 25.6 Å². The third-order valence-corrected chi connectivity index (χ3v) is 3.23. The van der Waals surface area contributed by atoms with Crippen molar-refractivity contribution in [3.63, 3.8) is 0 Å². The van der Waals surface area contributed by atoms with Crippen LogP contribution in [-0.4, -0.2) is 24.2 Å². The van der Waals surface area contributed by atoms with Crippen molar-refractivity contribution < 1.29 is 4.74 Å². The predicted molar refractivity (Wildman–Crippen MR) is 51.1 cm³/mol. The quantitative estimate of drug-likeness (QED) is 0.648. The smallest absolute Gasteiger partial charge is 0.0518 e. The summed E-state index contributed by atoms with van der Waals surface area (Å²) in [6.07, 6.45) is 3.08. The maximum atomic E-state index is 5.49. The van der Waals surface area contributed by atoms with Crippen LogP contribution in [0.2, 0.25) is 0 Å². The molecule has 0 aliphatic carbocycles. The van der Waals surface area contributed by atoms with Gasteiger partial charge in [-0.15, -0.1) is 0 Å². The summed E-state index contributed by atoms with van der Waals surface area (Å²) in [5.74, 6) is 3.67. The first kappa shape index (κ1) is 9.40. The van der Waals surface area contributed by atoms with Crippen molar-refractivity contribution in [3.8, 4) is 0 Å². The molecule has 66 valence electrons. The topological polar surface area (TPSA) is 9.23 Å². The minimum atomic E-state index is 0.407. The summed E-state index contributed by atoms with van der Waals surface area (Å²) in [6.45, 7) is 5.16. The van der Waals surface area contributed by atoms with Crippen molar-refractivity contribution in [3.05, 3.63) is 0 Å². The molecule has 1 atom stereocenters. The molecule has 1 aliphatic heterocycles. The fourth-order valence-electron chi connectivity index (χ4n) is 1.28. The zero-order valence-electron chi connectivity index (χ0n) is 7.51. The Labute approximate surface area is 73.9 Å². The Morgan fingerprint density at radius 3 is 2.91 bits per heavy atom. The second-order valence-electron chi connectivity index (χ2n) is 3.44. The molecule has 0 aromatic carbocycles. The number of hydrogen-bond donors (Lipinski definition) is 0. The molecular weight excluding hydrogens is 156 g/mol. The Balaban J connectivity index is 1.94. The van der Waals surface area contributed by atoms with Gasteiger partial charge in [0.05, 0.1) is 6.10 Å². The van der Waals surface area contributed by atoms with Crippen LogP contribution in [-0.2, 0) is 4.74 Å². The zero-order valence-corrected chi connectivity index (χ0v) is 8.32. The van der Waals surface area contributed by atoms with Crippen molar-refractivity contribution in [1.82, 2.24) is 0 Å². The summed E-state index contributed by atoms with van der Waals surface area (Å²) in [4.78, 5) is 0. The molecule has 1 heterocycles. The molecule has 11 heavy (non-hydrogen) atoms. The van der Waals surface area contributed by atoms with E-state index in [9.17, 15) is 0 Å². The van der Waals surface area contributed by atoms with Gasteiger partial charge in [-0.25, -0.2) is 0 Å². The molecule has 1 fully saturated rings. The van der Waals surface area contributed by atoms with E-state index in [0.29, 0.717) is 6.10 Å². The second-order valence-corrected chi connectivity index (χ2v) is 4.59. The first-order valence-electron chi connectivity index (χ1n) is 4.48. The lowest BCUT2D eigenvalue weighted by atomic mass is 10.1. The molecule has 0 spiro atoms. The molecule has 0 aromatic heterocycles. The predicted octanol–water partition coefficient (Wildman–Crippen LogP) is 2.55. The molecule has 0 amide bonds. The average molecular weight is 174 g/mol. The Morgan fingerprint density at radius 2 is 2.36 bits per heavy atom. The van der Waals surface area contributed by atoms with Gasteiger partial charge in [0.2, 0.25) is 0 Å². The standard InChI is InChI=1S/C9H18OS/c1-8(2)10-5-3-9-4-6-11-7-9/h8-9H,3-7H2,1-2H3. The van der Waals surface area contributed by atoms with Gasteiger partial charge in [-0.1, -0.05) is 0 Å². The Kier molecular flexibility index (Phi) is 4.31. The Hall–Kier alpha value is 0.310. The van der Waals surface area contributed by atoms with Gasteiger partial charge < -0.3 is 4.74 Å². The highest BCUT2D eigenvalue weighted by Gasteiger charge is 2.14. The van der Waals surface area contributed by atoms with Crippen LogP contribution in [0.15, 0.2) is 0 Å². The van der Waals surface area contributed by atoms with Gasteiger partial charge >= 0.3 is 0 Å². The van der Waals surface area contributed by atoms with E-state index >= 15 is 0 Å². The van der Waals surface area contributed by atoms with Crippen molar-refractivity contribution in [2.24, 2.45) is 5.92 Å². The fourth-order valence-corrected chi connectivity index (χ4v) is 2.61. The lowest BCUT2D eigenvalue weighted by Crippen LogP contribution is -2.08. The highest BCUT2D eigenvalue weighted by molar-refractivity contribution is 7.99. The number of rotatable bonds is 4. The maximum absolute atomic E-state index is 5.49. The summed E-state index contributed by atoms with van der Waals surface area (Å²) in [7, 11) is 0. The Morgan fingerprint density at radius 1 is 1.55 bits per heavy atom. The lowest BCUT2D eigenvalue weighted by Gasteiger charge is -2.10. The minimum Gasteiger partial charge on any atom is -0.379 e. The molecule has 0 radical (unpaired) electrons. The number of hydrogen-bond acceptors (Lipinski definition) is 2. The lowest BCUT2D eigenvalue weighted by molar-refractivity contribution is 0.0702. The average Bonchev–Trinajstić information content (AvgIpc) is 2.39. The number of ether oxygens (including phenoxy) is 1. The molecule has 1 nitrogen and oxygen atoms in total. The van der Waals surface area contributed by atoms with Crippen LogP contribution in [0.4, 0.5) is 0 Å². The molecule has 0 bridgehead atoms. The number of thioether (sulfide) groups is 1. The van der Waals surface area contributed by atoms with E-state index in [-0.39, 0.29) is 0 Å². The first-order valence-corrected chi connectivity index (χ1v) is 5.64. The van der Waals surface area contributed by atoms with Crippen molar-refractivity contribution in [2.75, 3.05) is 18.1 Å². The van der Waals surface area contributed by atoms with Crippen molar-refractivity contribution in [2.45, 2.75) is 32.8 Å². The SMILES string of the molecule is CC(C)OCCC1CCSC1. The Bertz CT molecular complexity index is 97.7. The van der Waals surface area contributed by atoms with Gasteiger partial charge in [0.15, 0.2) is 0 Å². The maximum Gasteiger partial charge on any atom is 0.0518 e. The van der Waals surface area contributed by atoms with E-state index in [4.69, 9.17) is 4.74 Å². The summed E-state index contributed by atoms with van der Waals surface area (Å²) in [5.41, 5.74) is 0. The van der Waals surface area contributed by atoms with Gasteiger partial charge in [-0.2, -0.15) is 11.8 Å². The van der Waals surface area contributed by atoms with Crippen LogP contribution >= 0.6 is 11.8 Å². The van der Waals surface area contributed by atoms with Crippen molar-refractivity contribution in [1.29, 1.82) is 0 Å². The largest absolute Gasteiger partial charge is 0.379 e. The molecule has 1 unspecified atom stereocenters. The molecule has 1 saturated heterocycles. The first-order chi connectivity index (χ1) is 5.29. The molecule has 0 aromatic rings. The second kappa shape index (κ2) is 5.04. The zero-order chi connectivity index (χ0) is 8.10. The highest BCUT2D eigenvalue weighted by atomic mass is 32.2. The van der Waals surface area contributed by atoms with Crippen LogP contribution in [0.25, 0.3) is 0 Å². The molecule has 1 aliphatic rings. The highest BCUT2D eigenvalue weighted by Crippen LogP contribution is 2.25. The van der Waals surface area contributed by atoms with Gasteiger partial charge in [-0.05, 0) is 44.1 Å². The normalized spacial score (nSPS) is 24.8. The van der Waals surface area contributed by atoms with Crippen LogP contribution in [0.3, 0.4) is 0 Å². The van der Waals surface area contributed by atoms with E-state index in [1.54, 1.807) is 0 Å². The summed E-state index contributed by atoms with van der Waals surface area (Å²) in [6, 6.07) is 0. The van der Waals surface area contributed by atoms with E-state index in [1.165, 1.54) is 24.3 Å². The van der Waals surface area contributed by atoms with E-state index in [1.807, 2.05) is 0 Å². The van der Waals surface area contributed by atoms with Crippen LogP contribution in [0, 0.1) is 5.92 Å². The molecule has 0 N–H and O–H groups in total. The fraction of sp³-hybridized carbons (Fsp3) is 1.00. The van der Waals surface area contributed by atoms with Gasteiger partial charge in [0.25, 0.3) is 0 Å². The van der Waals surface area contributed by atoms with Crippen molar-refractivity contribution >= 4 is 11.8 Å². The third kappa shape index (κ3) is 4.02. The molecule has 1 rings (SSSR count). The van der Waals surface area contributed by atoms with E-state index in [0.717, 1.165) is 12.5 Å². The molecule has 0 saturated carbocycles. The van der Waals surface area contributed by atoms with Crippen LogP contribution < -0.4 is 0 Å². The van der Waals surface area contributed by atoms with E-state index < -0.39 is 0 Å². The summed E-state index contributed by atoms with van der Waals surface area (Å²) >= 11 is 2.09. The molecular formula is C9H18OS. The third-order valence-electron chi connectivity index (χ3n) is 2.00. The van der Waals surface area contributed by atoms with Gasteiger partial charge in [-0.3, -0.25) is 0 Å². The minimum absolute atomic E-state index is 0.407. The van der Waals surface area contributed by atoms with Gasteiger partial charge in [0, 0.05) is 6.61 Å².